The molecule has 2 aromatic carbocycles. The highest BCUT2D eigenvalue weighted by molar-refractivity contribution is 5.60. The minimum Gasteiger partial charge on any atom is -0.497 e. The van der Waals surface area contributed by atoms with Gasteiger partial charge in [0.2, 0.25) is 5.95 Å². The van der Waals surface area contributed by atoms with Crippen molar-refractivity contribution in [1.29, 1.82) is 0 Å². The van der Waals surface area contributed by atoms with Gasteiger partial charge in [0.1, 0.15) is 11.6 Å². The molecule has 1 aromatic heterocycles. The fourth-order valence-corrected chi connectivity index (χ4v) is 3.56. The zero-order chi connectivity index (χ0) is 20.2. The lowest BCUT2D eigenvalue weighted by molar-refractivity contribution is 0.415. The van der Waals surface area contributed by atoms with E-state index in [-0.39, 0.29) is 0 Å². The number of ether oxygens (including phenoxy) is 1. The van der Waals surface area contributed by atoms with E-state index < -0.39 is 0 Å². The van der Waals surface area contributed by atoms with Gasteiger partial charge in [0, 0.05) is 43.8 Å². The maximum absolute atomic E-state index is 5.25. The summed E-state index contributed by atoms with van der Waals surface area (Å²) in [5.74, 6) is 2.48. The number of methoxy groups -OCH3 is 1. The Bertz CT molecular complexity index is 965. The summed E-state index contributed by atoms with van der Waals surface area (Å²) in [6.07, 6.45) is 1.83. The Balaban J connectivity index is 1.42. The van der Waals surface area contributed by atoms with E-state index >= 15 is 0 Å². The van der Waals surface area contributed by atoms with Crippen molar-refractivity contribution in [3.05, 3.63) is 65.9 Å². The second-order valence-electron chi connectivity index (χ2n) is 7.35. The van der Waals surface area contributed by atoms with Gasteiger partial charge in [-0.2, -0.15) is 4.98 Å². The van der Waals surface area contributed by atoms with Crippen LogP contribution < -0.4 is 19.9 Å². The van der Waals surface area contributed by atoms with E-state index in [1.54, 1.807) is 7.11 Å². The van der Waals surface area contributed by atoms with Gasteiger partial charge < -0.3 is 19.9 Å². The standard InChI is InChI=1S/C23H27N5O/c1-17-4-5-18(2)21(16-17)25-23-24-11-10-22(26-23)28-14-12-27(13-15-28)19-6-8-20(29-3)9-7-19/h4-11,16H,12-15H2,1-3H3,(H,24,25,26). The second-order valence-corrected chi connectivity index (χ2v) is 7.35. The molecule has 1 saturated heterocycles. The molecule has 0 amide bonds. The van der Waals surface area contributed by atoms with Crippen LogP contribution in [-0.4, -0.2) is 43.3 Å². The van der Waals surface area contributed by atoms with Crippen molar-refractivity contribution in [3.63, 3.8) is 0 Å². The van der Waals surface area contributed by atoms with Crippen LogP contribution in [0.1, 0.15) is 11.1 Å². The van der Waals surface area contributed by atoms with Gasteiger partial charge in [0.25, 0.3) is 0 Å². The van der Waals surface area contributed by atoms with Gasteiger partial charge in [0.05, 0.1) is 7.11 Å². The summed E-state index contributed by atoms with van der Waals surface area (Å²) in [5.41, 5.74) is 4.67. The highest BCUT2D eigenvalue weighted by Gasteiger charge is 2.19. The van der Waals surface area contributed by atoms with Gasteiger partial charge >= 0.3 is 0 Å². The number of rotatable bonds is 5. The van der Waals surface area contributed by atoms with Crippen molar-refractivity contribution in [2.75, 3.05) is 48.4 Å². The number of piperazine rings is 1. The van der Waals surface area contributed by atoms with Gasteiger partial charge in [-0.25, -0.2) is 4.98 Å². The smallest absolute Gasteiger partial charge is 0.229 e. The Kier molecular flexibility index (Phi) is 5.51. The Morgan fingerprint density at radius 1 is 0.897 bits per heavy atom. The summed E-state index contributed by atoms with van der Waals surface area (Å²) in [6, 6.07) is 16.6. The minimum atomic E-state index is 0.633. The summed E-state index contributed by atoms with van der Waals surface area (Å²) in [6.45, 7) is 7.93. The highest BCUT2D eigenvalue weighted by atomic mass is 16.5. The summed E-state index contributed by atoms with van der Waals surface area (Å²) in [7, 11) is 1.69. The molecule has 0 unspecified atom stereocenters. The van der Waals surface area contributed by atoms with E-state index in [1.807, 2.05) is 24.4 Å². The van der Waals surface area contributed by atoms with Crippen molar-refractivity contribution >= 4 is 23.1 Å². The Hall–Kier alpha value is -3.28. The molecule has 3 aromatic rings. The van der Waals surface area contributed by atoms with Crippen LogP contribution in [0.5, 0.6) is 5.75 Å². The molecule has 6 nitrogen and oxygen atoms in total. The quantitative estimate of drug-likeness (QED) is 0.707. The lowest BCUT2D eigenvalue weighted by Gasteiger charge is -2.36. The molecule has 0 aliphatic carbocycles. The van der Waals surface area contributed by atoms with Crippen molar-refractivity contribution in [1.82, 2.24) is 9.97 Å². The Morgan fingerprint density at radius 3 is 2.34 bits per heavy atom. The van der Waals surface area contributed by atoms with Crippen molar-refractivity contribution in [2.24, 2.45) is 0 Å². The first-order valence-electron chi connectivity index (χ1n) is 9.93. The highest BCUT2D eigenvalue weighted by Crippen LogP contribution is 2.24. The molecule has 1 N–H and O–H groups in total. The molecule has 4 rings (SSSR count). The second kappa shape index (κ2) is 8.39. The molecular weight excluding hydrogens is 362 g/mol. The average molecular weight is 390 g/mol. The molecule has 0 bridgehead atoms. The SMILES string of the molecule is COc1ccc(N2CCN(c3ccnc(Nc4cc(C)ccc4C)n3)CC2)cc1. The fourth-order valence-electron chi connectivity index (χ4n) is 3.56. The van der Waals surface area contributed by atoms with Crippen LogP contribution >= 0.6 is 0 Å². The van der Waals surface area contributed by atoms with Gasteiger partial charge in [-0.15, -0.1) is 0 Å². The van der Waals surface area contributed by atoms with Crippen LogP contribution in [0.4, 0.5) is 23.1 Å². The van der Waals surface area contributed by atoms with Crippen molar-refractivity contribution < 1.29 is 4.74 Å². The summed E-state index contributed by atoms with van der Waals surface area (Å²) < 4.78 is 5.25. The molecule has 0 atom stereocenters. The molecule has 0 saturated carbocycles. The first kappa shape index (κ1) is 19.1. The van der Waals surface area contributed by atoms with E-state index in [0.717, 1.165) is 43.4 Å². The third-order valence-corrected chi connectivity index (χ3v) is 5.32. The monoisotopic (exact) mass is 389 g/mol. The van der Waals surface area contributed by atoms with Gasteiger partial charge in [-0.05, 0) is 61.4 Å². The number of nitrogens with one attached hydrogen (secondary N) is 1. The normalized spacial score (nSPS) is 14.0. The van der Waals surface area contributed by atoms with Gasteiger partial charge in [-0.3, -0.25) is 0 Å². The fraction of sp³-hybridized carbons (Fsp3) is 0.304. The third kappa shape index (κ3) is 4.42. The minimum absolute atomic E-state index is 0.633. The number of benzene rings is 2. The van der Waals surface area contributed by atoms with Crippen LogP contribution in [0.15, 0.2) is 54.7 Å². The van der Waals surface area contributed by atoms with Crippen LogP contribution in [0.25, 0.3) is 0 Å². The lowest BCUT2D eigenvalue weighted by Crippen LogP contribution is -2.46. The van der Waals surface area contributed by atoms with Crippen LogP contribution in [0.2, 0.25) is 0 Å². The number of aromatic nitrogens is 2. The Labute approximate surface area is 172 Å². The van der Waals surface area contributed by atoms with Gasteiger partial charge in [0.15, 0.2) is 0 Å². The maximum Gasteiger partial charge on any atom is 0.229 e. The maximum atomic E-state index is 5.25. The molecule has 29 heavy (non-hydrogen) atoms. The number of anilines is 4. The number of hydrogen-bond acceptors (Lipinski definition) is 6. The zero-order valence-electron chi connectivity index (χ0n) is 17.2. The topological polar surface area (TPSA) is 53.5 Å². The van der Waals surface area contributed by atoms with E-state index in [2.05, 4.69) is 64.3 Å². The first-order chi connectivity index (χ1) is 14.1. The molecule has 0 spiro atoms. The van der Waals surface area contributed by atoms with Crippen LogP contribution in [0.3, 0.4) is 0 Å². The predicted molar refractivity (Wildman–Crippen MR) is 119 cm³/mol. The average Bonchev–Trinajstić information content (AvgIpc) is 2.77. The van der Waals surface area contributed by atoms with Crippen molar-refractivity contribution in [3.8, 4) is 5.75 Å². The third-order valence-electron chi connectivity index (χ3n) is 5.32. The molecular formula is C23H27N5O. The van der Waals surface area contributed by atoms with E-state index in [4.69, 9.17) is 9.72 Å². The lowest BCUT2D eigenvalue weighted by atomic mass is 10.1. The van der Waals surface area contributed by atoms with E-state index in [1.165, 1.54) is 16.8 Å². The molecule has 1 fully saturated rings. The molecule has 2 heterocycles. The van der Waals surface area contributed by atoms with Crippen LogP contribution in [0, 0.1) is 13.8 Å². The zero-order valence-corrected chi connectivity index (χ0v) is 17.2. The largest absolute Gasteiger partial charge is 0.497 e. The van der Waals surface area contributed by atoms with E-state index in [0.29, 0.717) is 5.95 Å². The molecule has 1 aliphatic heterocycles. The Morgan fingerprint density at radius 2 is 1.62 bits per heavy atom. The molecule has 150 valence electrons. The summed E-state index contributed by atoms with van der Waals surface area (Å²) >= 11 is 0. The summed E-state index contributed by atoms with van der Waals surface area (Å²) in [4.78, 5) is 13.9. The van der Waals surface area contributed by atoms with Crippen molar-refractivity contribution in [2.45, 2.75) is 13.8 Å². The molecule has 6 heteroatoms. The first-order valence-corrected chi connectivity index (χ1v) is 9.93. The van der Waals surface area contributed by atoms with Gasteiger partial charge in [-0.1, -0.05) is 12.1 Å². The predicted octanol–water partition coefficient (Wildman–Crippen LogP) is 4.17. The van der Waals surface area contributed by atoms with Crippen LogP contribution in [-0.2, 0) is 0 Å². The summed E-state index contributed by atoms with van der Waals surface area (Å²) in [5, 5.41) is 3.37. The number of hydrogen-bond donors (Lipinski definition) is 1. The number of aryl methyl sites for hydroxylation is 2. The molecule has 1 aliphatic rings. The van der Waals surface area contributed by atoms with E-state index in [9.17, 15) is 0 Å². The molecule has 0 radical (unpaired) electrons. The number of nitrogens with zero attached hydrogens (tertiary/aromatic N) is 4.